The summed E-state index contributed by atoms with van der Waals surface area (Å²) in [6.07, 6.45) is 4.94. The van der Waals surface area contributed by atoms with Crippen molar-refractivity contribution >= 4 is 11.3 Å². The van der Waals surface area contributed by atoms with E-state index in [9.17, 15) is 0 Å². The maximum absolute atomic E-state index is 5.68. The average molecular weight is 372 g/mol. The summed E-state index contributed by atoms with van der Waals surface area (Å²) in [5.41, 5.74) is 2.37. The second-order valence-electron chi connectivity index (χ2n) is 7.42. The van der Waals surface area contributed by atoms with Gasteiger partial charge in [0.1, 0.15) is 0 Å². The lowest BCUT2D eigenvalue weighted by Crippen LogP contribution is -2.51. The molecule has 2 aromatic rings. The first-order valence-corrected chi connectivity index (χ1v) is 10.7. The number of nitrogens with one attached hydrogen (secondary N) is 2. The Bertz CT molecular complexity index is 697. The molecule has 5 heteroatoms. The molecule has 2 heterocycles. The van der Waals surface area contributed by atoms with Crippen molar-refractivity contribution in [1.82, 2.24) is 15.6 Å². The van der Waals surface area contributed by atoms with Gasteiger partial charge in [0.15, 0.2) is 0 Å². The van der Waals surface area contributed by atoms with Crippen molar-refractivity contribution in [3.05, 3.63) is 40.2 Å². The Hall–Kier alpha value is -1.27. The highest BCUT2D eigenvalue weighted by molar-refractivity contribution is 7.12. The molecule has 0 radical (unpaired) electrons. The van der Waals surface area contributed by atoms with Crippen LogP contribution in [-0.4, -0.2) is 43.4 Å². The number of morpholine rings is 1. The molecule has 1 saturated carbocycles. The lowest BCUT2D eigenvalue weighted by atomic mass is 9.94. The number of hydrogen-bond donors (Lipinski definition) is 2. The van der Waals surface area contributed by atoms with E-state index in [2.05, 4.69) is 47.9 Å². The molecule has 1 aliphatic heterocycles. The molecular formula is C21H29N3OS. The topological polar surface area (TPSA) is 46.2 Å². The van der Waals surface area contributed by atoms with Crippen LogP contribution in [0.2, 0.25) is 0 Å². The van der Waals surface area contributed by atoms with Crippen molar-refractivity contribution in [3.63, 3.8) is 0 Å². The summed E-state index contributed by atoms with van der Waals surface area (Å²) in [4.78, 5) is 6.21. The average Bonchev–Trinajstić information content (AvgIpc) is 3.30. The fourth-order valence-corrected chi connectivity index (χ4v) is 5.33. The third-order valence-corrected chi connectivity index (χ3v) is 6.70. The molecule has 140 valence electrons. The predicted octanol–water partition coefficient (Wildman–Crippen LogP) is 3.41. The third-order valence-electron chi connectivity index (χ3n) is 5.67. The van der Waals surface area contributed by atoms with Gasteiger partial charge in [-0.15, -0.1) is 11.3 Å². The minimum atomic E-state index is 0.524. The summed E-state index contributed by atoms with van der Waals surface area (Å²) in [5.74, 6) is 0.702. The molecule has 0 spiro atoms. The normalized spacial score (nSPS) is 26.3. The molecule has 26 heavy (non-hydrogen) atoms. The molecule has 1 aromatic carbocycles. The molecule has 1 aliphatic carbocycles. The van der Waals surface area contributed by atoms with E-state index in [0.29, 0.717) is 18.0 Å². The van der Waals surface area contributed by atoms with Crippen LogP contribution < -0.4 is 10.6 Å². The molecule has 4 nitrogen and oxygen atoms in total. The van der Waals surface area contributed by atoms with Gasteiger partial charge in [0.2, 0.25) is 0 Å². The summed E-state index contributed by atoms with van der Waals surface area (Å²) in [6.45, 7) is 5.91. The second kappa shape index (κ2) is 8.61. The Morgan fingerprint density at radius 3 is 2.96 bits per heavy atom. The predicted molar refractivity (Wildman–Crippen MR) is 108 cm³/mol. The van der Waals surface area contributed by atoms with Crippen molar-refractivity contribution < 1.29 is 4.74 Å². The van der Waals surface area contributed by atoms with E-state index in [4.69, 9.17) is 9.72 Å². The van der Waals surface area contributed by atoms with E-state index in [-0.39, 0.29) is 0 Å². The van der Waals surface area contributed by atoms with Crippen molar-refractivity contribution in [2.24, 2.45) is 5.92 Å². The molecule has 2 N–H and O–H groups in total. The zero-order chi connectivity index (χ0) is 17.8. The number of hydrogen-bond acceptors (Lipinski definition) is 5. The molecule has 3 atom stereocenters. The molecule has 4 rings (SSSR count). The van der Waals surface area contributed by atoms with Crippen LogP contribution in [0.5, 0.6) is 0 Å². The van der Waals surface area contributed by atoms with Crippen LogP contribution in [0, 0.1) is 12.8 Å². The van der Waals surface area contributed by atoms with E-state index in [1.807, 2.05) is 11.3 Å². The van der Waals surface area contributed by atoms with Gasteiger partial charge in [0, 0.05) is 42.0 Å². The van der Waals surface area contributed by atoms with E-state index >= 15 is 0 Å². The van der Waals surface area contributed by atoms with Gasteiger partial charge in [-0.2, -0.15) is 0 Å². The van der Waals surface area contributed by atoms with Crippen molar-refractivity contribution in [2.75, 3.05) is 26.3 Å². The zero-order valence-corrected chi connectivity index (χ0v) is 16.4. The summed E-state index contributed by atoms with van der Waals surface area (Å²) in [7, 11) is 0. The van der Waals surface area contributed by atoms with E-state index in [1.165, 1.54) is 34.7 Å². The van der Waals surface area contributed by atoms with Crippen LogP contribution in [-0.2, 0) is 11.2 Å². The second-order valence-corrected chi connectivity index (χ2v) is 8.71. The van der Waals surface area contributed by atoms with Crippen LogP contribution in [0.4, 0.5) is 0 Å². The van der Waals surface area contributed by atoms with Crippen molar-refractivity contribution in [1.29, 1.82) is 0 Å². The van der Waals surface area contributed by atoms with Gasteiger partial charge in [-0.05, 0) is 25.7 Å². The van der Waals surface area contributed by atoms with Crippen LogP contribution in [0.3, 0.4) is 0 Å². The highest BCUT2D eigenvalue weighted by atomic mass is 32.1. The fraction of sp³-hybridized carbons (Fsp3) is 0.571. The van der Waals surface area contributed by atoms with Crippen LogP contribution >= 0.6 is 11.3 Å². The number of rotatable bonds is 6. The molecule has 0 bridgehead atoms. The molecule has 1 saturated heterocycles. The van der Waals surface area contributed by atoms with Crippen LogP contribution in [0.1, 0.15) is 29.1 Å². The largest absolute Gasteiger partial charge is 0.379 e. The Labute approximate surface area is 160 Å². The molecule has 0 amide bonds. The fourth-order valence-electron chi connectivity index (χ4n) is 4.37. The first-order chi connectivity index (χ1) is 12.8. The van der Waals surface area contributed by atoms with Gasteiger partial charge in [-0.25, -0.2) is 4.98 Å². The summed E-state index contributed by atoms with van der Waals surface area (Å²) < 4.78 is 5.68. The minimum absolute atomic E-state index is 0.524. The number of aromatic nitrogens is 1. The SMILES string of the molecule is Cc1sc(CCNC2CCCC2C2COCCN2)nc1-c1ccccc1. The molecule has 1 aromatic heterocycles. The molecule has 3 unspecified atom stereocenters. The highest BCUT2D eigenvalue weighted by Crippen LogP contribution is 2.30. The van der Waals surface area contributed by atoms with Gasteiger partial charge >= 0.3 is 0 Å². The number of ether oxygens (including phenoxy) is 1. The number of aryl methyl sites for hydroxylation is 1. The summed E-state index contributed by atoms with van der Waals surface area (Å²) >= 11 is 1.84. The van der Waals surface area contributed by atoms with Gasteiger partial charge in [0.05, 0.1) is 23.9 Å². The Kier molecular flexibility index (Phi) is 6.00. The standard InChI is InChI=1S/C21H29N3OS/c1-15-21(16-6-3-2-4-7-16)24-20(26-15)10-11-22-18-9-5-8-17(18)19-14-25-13-12-23-19/h2-4,6-7,17-19,22-23H,5,8-14H2,1H3. The maximum atomic E-state index is 5.68. The maximum Gasteiger partial charge on any atom is 0.0948 e. The Morgan fingerprint density at radius 2 is 2.15 bits per heavy atom. The number of thiazole rings is 1. The monoisotopic (exact) mass is 371 g/mol. The Morgan fingerprint density at radius 1 is 1.27 bits per heavy atom. The van der Waals surface area contributed by atoms with Gasteiger partial charge in [0.25, 0.3) is 0 Å². The van der Waals surface area contributed by atoms with E-state index in [1.54, 1.807) is 0 Å². The molecular weight excluding hydrogens is 342 g/mol. The van der Waals surface area contributed by atoms with Crippen molar-refractivity contribution in [2.45, 2.75) is 44.7 Å². The van der Waals surface area contributed by atoms with E-state index in [0.717, 1.165) is 38.4 Å². The van der Waals surface area contributed by atoms with Gasteiger partial charge in [-0.3, -0.25) is 0 Å². The lowest BCUT2D eigenvalue weighted by molar-refractivity contribution is 0.0526. The summed E-state index contributed by atoms with van der Waals surface area (Å²) in [6, 6.07) is 11.6. The smallest absolute Gasteiger partial charge is 0.0948 e. The van der Waals surface area contributed by atoms with Gasteiger partial charge in [-0.1, -0.05) is 36.8 Å². The van der Waals surface area contributed by atoms with Gasteiger partial charge < -0.3 is 15.4 Å². The Balaban J connectivity index is 1.32. The first kappa shape index (κ1) is 18.1. The van der Waals surface area contributed by atoms with Crippen LogP contribution in [0.15, 0.2) is 30.3 Å². The lowest BCUT2D eigenvalue weighted by Gasteiger charge is -2.33. The third kappa shape index (κ3) is 4.17. The van der Waals surface area contributed by atoms with Crippen molar-refractivity contribution in [3.8, 4) is 11.3 Å². The zero-order valence-electron chi connectivity index (χ0n) is 15.5. The minimum Gasteiger partial charge on any atom is -0.379 e. The quantitative estimate of drug-likeness (QED) is 0.817. The molecule has 2 aliphatic rings. The number of benzene rings is 1. The summed E-state index contributed by atoms with van der Waals surface area (Å²) in [5, 5.41) is 8.71. The van der Waals surface area contributed by atoms with E-state index < -0.39 is 0 Å². The van der Waals surface area contributed by atoms with Crippen LogP contribution in [0.25, 0.3) is 11.3 Å². The highest BCUT2D eigenvalue weighted by Gasteiger charge is 2.34. The number of nitrogens with zero attached hydrogens (tertiary/aromatic N) is 1. The first-order valence-electron chi connectivity index (χ1n) is 9.87. The molecule has 2 fully saturated rings.